The van der Waals surface area contributed by atoms with Crippen LogP contribution < -0.4 is 10.5 Å². The first-order valence-corrected chi connectivity index (χ1v) is 7.46. The number of benzene rings is 2. The summed E-state index contributed by atoms with van der Waals surface area (Å²) in [5.41, 5.74) is 7.37. The number of hydrogen-bond donors (Lipinski definition) is 1. The van der Waals surface area contributed by atoms with Crippen LogP contribution >= 0.6 is 28.1 Å². The molecule has 0 bridgehead atoms. The maximum Gasteiger partial charge on any atom is 0.146 e. The van der Waals surface area contributed by atoms with Gasteiger partial charge in [-0.3, -0.25) is 4.98 Å². The molecule has 3 aromatic rings. The maximum atomic E-state index is 5.90. The Balaban J connectivity index is 2.02. The van der Waals surface area contributed by atoms with Crippen LogP contribution in [0.1, 0.15) is 5.56 Å². The van der Waals surface area contributed by atoms with E-state index in [1.54, 1.807) is 6.20 Å². The molecule has 0 aliphatic heterocycles. The Hall–Kier alpha value is -1.98. The summed E-state index contributed by atoms with van der Waals surface area (Å²) < 4.78 is 6.71. The van der Waals surface area contributed by atoms with Crippen molar-refractivity contribution in [3.63, 3.8) is 0 Å². The average Bonchev–Trinajstić information content (AvgIpc) is 2.47. The lowest BCUT2D eigenvalue weighted by molar-refractivity contribution is 0.480. The Morgan fingerprint density at radius 1 is 1.14 bits per heavy atom. The molecule has 21 heavy (non-hydrogen) atoms. The van der Waals surface area contributed by atoms with Gasteiger partial charge < -0.3 is 10.5 Å². The van der Waals surface area contributed by atoms with Crippen LogP contribution in [0, 0.1) is 0 Å². The zero-order valence-electron chi connectivity index (χ0n) is 10.9. The van der Waals surface area contributed by atoms with Gasteiger partial charge in [0.05, 0.1) is 17.3 Å². The largest absolute Gasteiger partial charge is 0.455 e. The van der Waals surface area contributed by atoms with E-state index in [1.807, 2.05) is 48.5 Å². The first kappa shape index (κ1) is 14.0. The van der Waals surface area contributed by atoms with Gasteiger partial charge in [0.2, 0.25) is 0 Å². The number of rotatable bonds is 3. The number of ether oxygens (including phenoxy) is 1. The molecule has 2 N–H and O–H groups in total. The lowest BCUT2D eigenvalue weighted by Gasteiger charge is -2.12. The number of pyridine rings is 1. The fourth-order valence-corrected chi connectivity index (χ4v) is 2.97. The number of aromatic nitrogens is 1. The molecule has 1 aromatic heterocycles. The van der Waals surface area contributed by atoms with E-state index < -0.39 is 0 Å². The molecule has 2 aromatic carbocycles. The van der Waals surface area contributed by atoms with Crippen molar-refractivity contribution in [1.82, 2.24) is 4.98 Å². The number of fused-ring (bicyclic) bond motifs is 1. The SMILES string of the molecule is NC(=S)c1c(Br)cccc1Oc1cnc2ccccc2c1. The molecule has 0 unspecified atom stereocenters. The van der Waals surface area contributed by atoms with Crippen molar-refractivity contribution in [1.29, 1.82) is 0 Å². The zero-order chi connectivity index (χ0) is 14.8. The Morgan fingerprint density at radius 2 is 1.95 bits per heavy atom. The number of nitrogens with two attached hydrogens (primary N) is 1. The second kappa shape index (κ2) is 5.79. The van der Waals surface area contributed by atoms with Crippen LogP contribution in [0.4, 0.5) is 0 Å². The van der Waals surface area contributed by atoms with Gasteiger partial charge in [-0.1, -0.05) is 36.5 Å². The van der Waals surface area contributed by atoms with Crippen molar-refractivity contribution >= 4 is 44.0 Å². The highest BCUT2D eigenvalue weighted by Crippen LogP contribution is 2.31. The van der Waals surface area contributed by atoms with Gasteiger partial charge in [0.15, 0.2) is 0 Å². The molecule has 5 heteroatoms. The van der Waals surface area contributed by atoms with Gasteiger partial charge in [0.25, 0.3) is 0 Å². The average molecular weight is 359 g/mol. The van der Waals surface area contributed by atoms with Crippen LogP contribution in [0.5, 0.6) is 11.5 Å². The van der Waals surface area contributed by atoms with Crippen molar-refractivity contribution in [3.05, 3.63) is 64.8 Å². The first-order chi connectivity index (χ1) is 10.1. The summed E-state index contributed by atoms with van der Waals surface area (Å²) >= 11 is 8.52. The molecular weight excluding hydrogens is 348 g/mol. The van der Waals surface area contributed by atoms with E-state index in [0.717, 1.165) is 15.4 Å². The van der Waals surface area contributed by atoms with E-state index >= 15 is 0 Å². The lowest BCUT2D eigenvalue weighted by atomic mass is 10.2. The molecule has 0 aliphatic carbocycles. The Kier molecular flexibility index (Phi) is 3.86. The smallest absolute Gasteiger partial charge is 0.146 e. The van der Waals surface area contributed by atoms with E-state index in [-0.39, 0.29) is 4.99 Å². The second-order valence-electron chi connectivity index (χ2n) is 4.44. The van der Waals surface area contributed by atoms with E-state index in [2.05, 4.69) is 20.9 Å². The minimum Gasteiger partial charge on any atom is -0.455 e. The van der Waals surface area contributed by atoms with Crippen LogP contribution in [0.25, 0.3) is 10.9 Å². The maximum absolute atomic E-state index is 5.90. The van der Waals surface area contributed by atoms with Gasteiger partial charge in [0.1, 0.15) is 16.5 Å². The molecule has 0 spiro atoms. The van der Waals surface area contributed by atoms with Crippen LogP contribution in [0.3, 0.4) is 0 Å². The summed E-state index contributed by atoms with van der Waals surface area (Å²) in [5, 5.41) is 1.02. The summed E-state index contributed by atoms with van der Waals surface area (Å²) in [7, 11) is 0. The Labute approximate surface area is 135 Å². The van der Waals surface area contributed by atoms with Gasteiger partial charge in [-0.15, -0.1) is 0 Å². The quantitative estimate of drug-likeness (QED) is 0.703. The van der Waals surface area contributed by atoms with Gasteiger partial charge >= 0.3 is 0 Å². The molecule has 0 aliphatic rings. The molecule has 1 heterocycles. The molecule has 104 valence electrons. The van der Waals surface area contributed by atoms with Crippen molar-refractivity contribution in [2.45, 2.75) is 0 Å². The van der Waals surface area contributed by atoms with Crippen LogP contribution in [0.15, 0.2) is 59.2 Å². The molecule has 0 radical (unpaired) electrons. The minimum absolute atomic E-state index is 0.284. The van der Waals surface area contributed by atoms with Crippen molar-refractivity contribution in [2.75, 3.05) is 0 Å². The number of halogens is 1. The van der Waals surface area contributed by atoms with E-state index in [0.29, 0.717) is 17.1 Å². The molecule has 0 saturated heterocycles. The topological polar surface area (TPSA) is 48.1 Å². The first-order valence-electron chi connectivity index (χ1n) is 6.26. The van der Waals surface area contributed by atoms with Crippen LogP contribution in [0.2, 0.25) is 0 Å². The predicted molar refractivity (Wildman–Crippen MR) is 91.8 cm³/mol. The fraction of sp³-hybridized carbons (Fsp3) is 0. The van der Waals surface area contributed by atoms with Gasteiger partial charge in [0, 0.05) is 9.86 Å². The van der Waals surface area contributed by atoms with Gasteiger partial charge in [-0.05, 0) is 40.2 Å². The molecule has 0 amide bonds. The van der Waals surface area contributed by atoms with E-state index in [1.165, 1.54) is 0 Å². The molecule has 3 rings (SSSR count). The minimum atomic E-state index is 0.284. The second-order valence-corrected chi connectivity index (χ2v) is 5.74. The third kappa shape index (κ3) is 2.89. The molecule has 3 nitrogen and oxygen atoms in total. The van der Waals surface area contributed by atoms with Crippen LogP contribution in [-0.4, -0.2) is 9.97 Å². The van der Waals surface area contributed by atoms with Crippen molar-refractivity contribution in [3.8, 4) is 11.5 Å². The fourth-order valence-electron chi connectivity index (χ4n) is 2.06. The monoisotopic (exact) mass is 358 g/mol. The van der Waals surface area contributed by atoms with E-state index in [4.69, 9.17) is 22.7 Å². The molecule has 0 fully saturated rings. The van der Waals surface area contributed by atoms with E-state index in [9.17, 15) is 0 Å². The molecule has 0 saturated carbocycles. The highest BCUT2D eigenvalue weighted by Gasteiger charge is 2.11. The number of hydrogen-bond acceptors (Lipinski definition) is 3. The Morgan fingerprint density at radius 3 is 2.76 bits per heavy atom. The third-order valence-corrected chi connectivity index (χ3v) is 3.88. The van der Waals surface area contributed by atoms with Crippen molar-refractivity contribution < 1.29 is 4.74 Å². The number of para-hydroxylation sites is 1. The highest BCUT2D eigenvalue weighted by atomic mass is 79.9. The highest BCUT2D eigenvalue weighted by molar-refractivity contribution is 9.10. The summed E-state index contributed by atoms with van der Waals surface area (Å²) in [6, 6.07) is 15.4. The van der Waals surface area contributed by atoms with Crippen LogP contribution in [-0.2, 0) is 0 Å². The predicted octanol–water partition coefficient (Wildman–Crippen LogP) is 4.42. The third-order valence-electron chi connectivity index (χ3n) is 3.01. The number of nitrogens with zero attached hydrogens (tertiary/aromatic N) is 1. The molecular formula is C16H11BrN2OS. The summed E-state index contributed by atoms with van der Waals surface area (Å²) in [4.78, 5) is 4.66. The zero-order valence-corrected chi connectivity index (χ0v) is 13.3. The van der Waals surface area contributed by atoms with Gasteiger partial charge in [-0.2, -0.15) is 0 Å². The van der Waals surface area contributed by atoms with Gasteiger partial charge in [-0.25, -0.2) is 0 Å². The summed E-state index contributed by atoms with van der Waals surface area (Å²) in [6.07, 6.45) is 1.69. The summed E-state index contributed by atoms with van der Waals surface area (Å²) in [5.74, 6) is 1.25. The number of thiocarbonyl (C=S) groups is 1. The Bertz CT molecular complexity index is 835. The molecule has 0 atom stereocenters. The van der Waals surface area contributed by atoms with Crippen molar-refractivity contribution in [2.24, 2.45) is 5.73 Å². The standard InChI is InChI=1S/C16H11BrN2OS/c17-12-5-3-7-14(15(12)16(18)21)20-11-8-10-4-1-2-6-13(10)19-9-11/h1-9H,(H2,18,21). The summed E-state index contributed by atoms with van der Waals surface area (Å²) in [6.45, 7) is 0. The normalized spacial score (nSPS) is 10.5. The lowest BCUT2D eigenvalue weighted by Crippen LogP contribution is -2.11.